The molecule has 0 aliphatic heterocycles. The Labute approximate surface area is 205 Å². The summed E-state index contributed by atoms with van der Waals surface area (Å²) in [6.45, 7) is 1.83. The average molecular weight is 508 g/mol. The molecule has 1 aliphatic rings. The van der Waals surface area contributed by atoms with Gasteiger partial charge < -0.3 is 15.0 Å². The number of carboxylic acids is 1. The molecule has 1 saturated carbocycles. The molecule has 0 spiro atoms. The van der Waals surface area contributed by atoms with Gasteiger partial charge in [-0.25, -0.2) is 9.78 Å². The number of hydrogen-bond acceptors (Lipinski definition) is 4. The molecule has 1 aliphatic carbocycles. The number of nitrogens with one attached hydrogen (secondary N) is 1. The van der Waals surface area contributed by atoms with Gasteiger partial charge in [-0.15, -0.1) is 11.3 Å². The predicted molar refractivity (Wildman–Crippen MR) is 128 cm³/mol. The van der Waals surface area contributed by atoms with Gasteiger partial charge in [0.25, 0.3) is 5.91 Å². The van der Waals surface area contributed by atoms with E-state index in [1.165, 1.54) is 23.5 Å². The normalized spacial score (nSPS) is 19.5. The summed E-state index contributed by atoms with van der Waals surface area (Å²) in [6, 6.07) is 6.75. The molecule has 0 saturated heterocycles. The Morgan fingerprint density at radius 2 is 2.03 bits per heavy atom. The fraction of sp³-hybridized carbons (Fsp3) is 0.480. The van der Waals surface area contributed by atoms with Gasteiger partial charge in [0.1, 0.15) is 11.9 Å². The minimum atomic E-state index is -4.31. The molecule has 3 aromatic rings. The second-order valence-corrected chi connectivity index (χ2v) is 10.0. The van der Waals surface area contributed by atoms with E-state index in [2.05, 4.69) is 10.3 Å². The van der Waals surface area contributed by atoms with Crippen LogP contribution in [0.25, 0.3) is 11.0 Å². The Balaban J connectivity index is 1.75. The van der Waals surface area contributed by atoms with Crippen LogP contribution >= 0.6 is 11.3 Å². The average Bonchev–Trinajstić information content (AvgIpc) is 3.45. The Bertz CT molecular complexity index is 1190. The molecule has 35 heavy (non-hydrogen) atoms. The smallest absolute Gasteiger partial charge is 0.393 e. The van der Waals surface area contributed by atoms with Gasteiger partial charge in [-0.05, 0) is 48.9 Å². The number of aromatic nitrogens is 2. The molecule has 1 amide bonds. The summed E-state index contributed by atoms with van der Waals surface area (Å²) in [7, 11) is 0. The van der Waals surface area contributed by atoms with Crippen LogP contribution < -0.4 is 5.32 Å². The molecule has 6 nitrogen and oxygen atoms in total. The molecule has 0 radical (unpaired) electrons. The largest absolute Gasteiger partial charge is 0.480 e. The van der Waals surface area contributed by atoms with E-state index in [0.29, 0.717) is 55.4 Å². The third kappa shape index (κ3) is 5.52. The number of benzene rings is 1. The number of alkyl halides is 3. The maximum Gasteiger partial charge on any atom is 0.393 e. The van der Waals surface area contributed by atoms with Crippen molar-refractivity contribution in [1.29, 1.82) is 0 Å². The van der Waals surface area contributed by atoms with Gasteiger partial charge in [0.2, 0.25) is 0 Å². The molecule has 2 aromatic heterocycles. The zero-order valence-electron chi connectivity index (χ0n) is 19.3. The first-order valence-corrected chi connectivity index (χ1v) is 12.7. The van der Waals surface area contributed by atoms with Crippen LogP contribution in [0, 0.1) is 5.92 Å². The van der Waals surface area contributed by atoms with Gasteiger partial charge in [0, 0.05) is 22.9 Å². The molecule has 4 rings (SSSR count). The van der Waals surface area contributed by atoms with Crippen molar-refractivity contribution in [3.8, 4) is 0 Å². The standard InChI is InChI=1S/C25H28F3N3O3S/c1-2-6-18(24(33)34)30-23(32)15-10-11-21-19(13-15)29-22(14-16-7-5-12-35-16)31(21)20-9-4-3-8-17(20)25(26,27)28/h5,7,10-13,17-18,20H,2-4,6,8-9,14H2,1H3,(H,30,32)(H,33,34)/t17?,18-,20?/m0/s1. The second kappa shape index (κ2) is 10.4. The lowest BCUT2D eigenvalue weighted by atomic mass is 9.83. The summed E-state index contributed by atoms with van der Waals surface area (Å²) in [5, 5.41) is 13.8. The number of carboxylic acid groups (broad SMARTS) is 1. The van der Waals surface area contributed by atoms with E-state index in [1.807, 2.05) is 24.4 Å². The number of rotatable bonds is 8. The maximum absolute atomic E-state index is 14.0. The highest BCUT2D eigenvalue weighted by Crippen LogP contribution is 2.45. The first-order valence-electron chi connectivity index (χ1n) is 11.8. The van der Waals surface area contributed by atoms with E-state index in [0.717, 1.165) is 4.88 Å². The van der Waals surface area contributed by atoms with Crippen LogP contribution in [-0.4, -0.2) is 38.8 Å². The summed E-state index contributed by atoms with van der Waals surface area (Å²) >= 11 is 1.52. The number of carbonyl (C=O) groups is 2. The number of halogens is 3. The van der Waals surface area contributed by atoms with Gasteiger partial charge in [-0.3, -0.25) is 4.79 Å². The number of carbonyl (C=O) groups excluding carboxylic acids is 1. The Morgan fingerprint density at radius 3 is 2.69 bits per heavy atom. The lowest BCUT2D eigenvalue weighted by Crippen LogP contribution is -2.40. The molecular formula is C25H28F3N3O3S. The zero-order valence-corrected chi connectivity index (χ0v) is 20.2. The Morgan fingerprint density at radius 1 is 1.26 bits per heavy atom. The van der Waals surface area contributed by atoms with Crippen molar-refractivity contribution in [3.05, 3.63) is 52.0 Å². The summed E-state index contributed by atoms with van der Waals surface area (Å²) < 4.78 is 43.7. The van der Waals surface area contributed by atoms with Crippen LogP contribution in [0.5, 0.6) is 0 Å². The van der Waals surface area contributed by atoms with Crippen LogP contribution in [0.15, 0.2) is 35.7 Å². The number of nitrogens with zero attached hydrogens (tertiary/aromatic N) is 2. The molecule has 0 bridgehead atoms. The van der Waals surface area contributed by atoms with Crippen molar-refractivity contribution in [2.45, 2.75) is 70.1 Å². The van der Waals surface area contributed by atoms with E-state index < -0.39 is 36.1 Å². The predicted octanol–water partition coefficient (Wildman–Crippen LogP) is 5.97. The summed E-state index contributed by atoms with van der Waals surface area (Å²) in [5.74, 6) is -2.58. The molecular weight excluding hydrogens is 479 g/mol. The van der Waals surface area contributed by atoms with Crippen molar-refractivity contribution in [2.75, 3.05) is 0 Å². The Kier molecular flexibility index (Phi) is 7.49. The van der Waals surface area contributed by atoms with Crippen molar-refractivity contribution in [1.82, 2.24) is 14.9 Å². The van der Waals surface area contributed by atoms with Gasteiger partial charge >= 0.3 is 12.1 Å². The van der Waals surface area contributed by atoms with E-state index in [9.17, 15) is 27.9 Å². The molecule has 2 heterocycles. The quantitative estimate of drug-likeness (QED) is 0.394. The van der Waals surface area contributed by atoms with E-state index in [4.69, 9.17) is 0 Å². The lowest BCUT2D eigenvalue weighted by Gasteiger charge is -2.35. The molecule has 1 fully saturated rings. The zero-order chi connectivity index (χ0) is 25.2. The number of hydrogen-bond donors (Lipinski definition) is 2. The minimum absolute atomic E-state index is 0.0841. The van der Waals surface area contributed by atoms with Crippen molar-refractivity contribution < 1.29 is 27.9 Å². The molecule has 3 atom stereocenters. The van der Waals surface area contributed by atoms with Gasteiger partial charge in [-0.1, -0.05) is 32.3 Å². The summed E-state index contributed by atoms with van der Waals surface area (Å²) in [4.78, 5) is 29.9. The van der Waals surface area contributed by atoms with Crippen molar-refractivity contribution in [3.63, 3.8) is 0 Å². The monoisotopic (exact) mass is 507 g/mol. The second-order valence-electron chi connectivity index (χ2n) is 9.01. The summed E-state index contributed by atoms with van der Waals surface area (Å²) in [6.07, 6.45) is -1.28. The van der Waals surface area contributed by atoms with Crippen molar-refractivity contribution in [2.24, 2.45) is 5.92 Å². The summed E-state index contributed by atoms with van der Waals surface area (Å²) in [5.41, 5.74) is 1.21. The molecule has 188 valence electrons. The molecule has 2 unspecified atom stereocenters. The SMILES string of the molecule is CCC[C@H](NC(=O)c1ccc2c(c1)nc(Cc1cccs1)n2C1CCCCC1C(F)(F)F)C(=O)O. The number of aliphatic carboxylic acids is 1. The van der Waals surface area contributed by atoms with E-state index in [1.54, 1.807) is 10.6 Å². The number of amides is 1. The highest BCUT2D eigenvalue weighted by atomic mass is 32.1. The van der Waals surface area contributed by atoms with Crippen LogP contribution in [0.2, 0.25) is 0 Å². The van der Waals surface area contributed by atoms with Crippen LogP contribution in [0.4, 0.5) is 13.2 Å². The van der Waals surface area contributed by atoms with Gasteiger partial charge in [-0.2, -0.15) is 13.2 Å². The van der Waals surface area contributed by atoms with Crippen LogP contribution in [0.1, 0.15) is 72.6 Å². The van der Waals surface area contributed by atoms with Crippen LogP contribution in [0.3, 0.4) is 0 Å². The minimum Gasteiger partial charge on any atom is -0.480 e. The van der Waals surface area contributed by atoms with Gasteiger partial charge in [0.05, 0.1) is 17.0 Å². The van der Waals surface area contributed by atoms with Crippen LogP contribution in [-0.2, 0) is 11.2 Å². The first kappa shape index (κ1) is 25.2. The Hall–Kier alpha value is -2.88. The number of imidazole rings is 1. The van der Waals surface area contributed by atoms with E-state index in [-0.39, 0.29) is 12.0 Å². The van der Waals surface area contributed by atoms with Gasteiger partial charge in [0.15, 0.2) is 0 Å². The third-order valence-electron chi connectivity index (χ3n) is 6.60. The fourth-order valence-corrected chi connectivity index (χ4v) is 5.64. The third-order valence-corrected chi connectivity index (χ3v) is 7.48. The maximum atomic E-state index is 14.0. The first-order chi connectivity index (χ1) is 16.7. The molecule has 1 aromatic carbocycles. The molecule has 2 N–H and O–H groups in total. The number of fused-ring (bicyclic) bond motifs is 1. The van der Waals surface area contributed by atoms with Crippen molar-refractivity contribution >= 4 is 34.2 Å². The highest BCUT2D eigenvalue weighted by Gasteiger charge is 2.47. The fourth-order valence-electron chi connectivity index (χ4n) is 4.94. The van der Waals surface area contributed by atoms with E-state index >= 15 is 0 Å². The topological polar surface area (TPSA) is 84.2 Å². The molecule has 10 heteroatoms. The lowest BCUT2D eigenvalue weighted by molar-refractivity contribution is -0.193. The highest BCUT2D eigenvalue weighted by molar-refractivity contribution is 7.09. The number of thiophene rings is 1.